The van der Waals surface area contributed by atoms with Gasteiger partial charge >= 0.3 is 0 Å². The number of likely N-dealkylation sites (tertiary alicyclic amines) is 1. The molecule has 0 N–H and O–H groups in total. The average Bonchev–Trinajstić information content (AvgIpc) is 2.81. The molecule has 1 saturated heterocycles. The van der Waals surface area contributed by atoms with Crippen molar-refractivity contribution < 1.29 is 4.79 Å². The molecule has 2 rings (SSSR count). The number of carbonyl (C=O) groups excluding carboxylic acids is 1. The molecule has 0 bridgehead atoms. The van der Waals surface area contributed by atoms with Crippen LogP contribution in [0.25, 0.3) is 0 Å². The van der Waals surface area contributed by atoms with Crippen molar-refractivity contribution in [3.63, 3.8) is 0 Å². The summed E-state index contributed by atoms with van der Waals surface area (Å²) in [6.07, 6.45) is 4.21. The van der Waals surface area contributed by atoms with Crippen molar-refractivity contribution in [3.05, 3.63) is 35.4 Å². The third-order valence-electron chi connectivity index (χ3n) is 2.95. The Balaban J connectivity index is 1.93. The fourth-order valence-corrected chi connectivity index (χ4v) is 2.07. The number of benzene rings is 1. The highest BCUT2D eigenvalue weighted by atomic mass is 16.1. The highest BCUT2D eigenvalue weighted by Crippen LogP contribution is 2.13. The number of rotatable bonds is 4. The van der Waals surface area contributed by atoms with Gasteiger partial charge in [0.2, 0.25) is 6.08 Å². The van der Waals surface area contributed by atoms with Crippen LogP contribution in [0.4, 0.5) is 0 Å². The van der Waals surface area contributed by atoms with E-state index in [0.717, 1.165) is 12.1 Å². The van der Waals surface area contributed by atoms with Crippen molar-refractivity contribution in [2.24, 2.45) is 4.99 Å². The largest absolute Gasteiger partial charge is 0.299 e. The molecule has 1 fully saturated rings. The van der Waals surface area contributed by atoms with Crippen LogP contribution in [0.5, 0.6) is 0 Å². The Hall–Kier alpha value is -1.44. The standard InChI is InChI=1S/C13H16N2O/c16-11-14-9-12-3-5-13(6-4-12)10-15-7-1-2-8-15/h3-6H,1-2,7-10H2. The maximum atomic E-state index is 9.98. The topological polar surface area (TPSA) is 32.7 Å². The lowest BCUT2D eigenvalue weighted by atomic mass is 10.1. The molecule has 0 radical (unpaired) electrons. The van der Waals surface area contributed by atoms with Crippen LogP contribution in [-0.4, -0.2) is 24.1 Å². The molecule has 1 aliphatic rings. The van der Waals surface area contributed by atoms with Gasteiger partial charge in [-0.25, -0.2) is 9.79 Å². The molecule has 0 aromatic heterocycles. The summed E-state index contributed by atoms with van der Waals surface area (Å²) >= 11 is 0. The Bertz CT molecular complexity index is 373. The fraction of sp³-hybridized carbons (Fsp3) is 0.462. The Labute approximate surface area is 95.8 Å². The number of nitrogens with zero attached hydrogens (tertiary/aromatic N) is 2. The van der Waals surface area contributed by atoms with Crippen LogP contribution in [0.1, 0.15) is 24.0 Å². The normalized spacial score (nSPS) is 16.0. The van der Waals surface area contributed by atoms with E-state index in [-0.39, 0.29) is 0 Å². The molecule has 1 heterocycles. The second-order valence-electron chi connectivity index (χ2n) is 4.21. The molecule has 1 aliphatic heterocycles. The third kappa shape index (κ3) is 3.02. The van der Waals surface area contributed by atoms with Gasteiger partial charge < -0.3 is 0 Å². The molecule has 16 heavy (non-hydrogen) atoms. The van der Waals surface area contributed by atoms with Gasteiger partial charge in [-0.05, 0) is 37.1 Å². The summed E-state index contributed by atoms with van der Waals surface area (Å²) in [4.78, 5) is 16.0. The quantitative estimate of drug-likeness (QED) is 0.570. The van der Waals surface area contributed by atoms with Gasteiger partial charge in [0.25, 0.3) is 0 Å². The second kappa shape index (κ2) is 5.59. The van der Waals surface area contributed by atoms with Crippen molar-refractivity contribution in [1.82, 2.24) is 4.90 Å². The maximum absolute atomic E-state index is 9.98. The van der Waals surface area contributed by atoms with Crippen LogP contribution in [0.15, 0.2) is 29.3 Å². The lowest BCUT2D eigenvalue weighted by molar-refractivity contribution is 0.331. The van der Waals surface area contributed by atoms with E-state index in [0.29, 0.717) is 6.54 Å². The van der Waals surface area contributed by atoms with E-state index in [1.165, 1.54) is 31.5 Å². The lowest BCUT2D eigenvalue weighted by Gasteiger charge is -2.14. The molecule has 3 nitrogen and oxygen atoms in total. The summed E-state index contributed by atoms with van der Waals surface area (Å²) in [6, 6.07) is 8.31. The second-order valence-corrected chi connectivity index (χ2v) is 4.21. The molecular formula is C13H16N2O. The van der Waals surface area contributed by atoms with E-state index >= 15 is 0 Å². The van der Waals surface area contributed by atoms with Crippen molar-refractivity contribution in [2.75, 3.05) is 13.1 Å². The summed E-state index contributed by atoms with van der Waals surface area (Å²) in [7, 11) is 0. The summed E-state index contributed by atoms with van der Waals surface area (Å²) in [5.41, 5.74) is 2.40. The van der Waals surface area contributed by atoms with Crippen LogP contribution < -0.4 is 0 Å². The smallest absolute Gasteiger partial charge is 0.235 e. The van der Waals surface area contributed by atoms with Crippen LogP contribution in [-0.2, 0) is 17.9 Å². The molecule has 84 valence electrons. The molecule has 0 saturated carbocycles. The molecule has 3 heteroatoms. The highest BCUT2D eigenvalue weighted by Gasteiger charge is 2.11. The van der Waals surface area contributed by atoms with Crippen molar-refractivity contribution in [3.8, 4) is 0 Å². The first-order valence-corrected chi connectivity index (χ1v) is 5.72. The predicted molar refractivity (Wildman–Crippen MR) is 62.8 cm³/mol. The molecule has 1 aromatic rings. The lowest BCUT2D eigenvalue weighted by Crippen LogP contribution is -2.18. The minimum Gasteiger partial charge on any atom is -0.299 e. The third-order valence-corrected chi connectivity index (χ3v) is 2.95. The monoisotopic (exact) mass is 216 g/mol. The predicted octanol–water partition coefficient (Wildman–Crippen LogP) is 2.12. The van der Waals surface area contributed by atoms with Gasteiger partial charge in [-0.2, -0.15) is 0 Å². The van der Waals surface area contributed by atoms with E-state index in [1.54, 1.807) is 6.08 Å². The average molecular weight is 216 g/mol. The van der Waals surface area contributed by atoms with Gasteiger partial charge in [-0.15, -0.1) is 0 Å². The molecule has 0 amide bonds. The van der Waals surface area contributed by atoms with Crippen molar-refractivity contribution in [2.45, 2.75) is 25.9 Å². The maximum Gasteiger partial charge on any atom is 0.235 e. The van der Waals surface area contributed by atoms with Crippen LogP contribution in [0, 0.1) is 0 Å². The van der Waals surface area contributed by atoms with Crippen molar-refractivity contribution >= 4 is 6.08 Å². The van der Waals surface area contributed by atoms with Gasteiger partial charge in [0.15, 0.2) is 0 Å². The number of isocyanates is 1. The molecule has 1 aromatic carbocycles. The summed E-state index contributed by atoms with van der Waals surface area (Å²) < 4.78 is 0. The van der Waals surface area contributed by atoms with E-state index in [9.17, 15) is 4.79 Å². The minimum absolute atomic E-state index is 0.438. The first-order chi connectivity index (χ1) is 7.88. The summed E-state index contributed by atoms with van der Waals surface area (Å²) in [5, 5.41) is 0. The number of hydrogen-bond donors (Lipinski definition) is 0. The SMILES string of the molecule is O=C=NCc1ccc(CN2CCCC2)cc1. The van der Waals surface area contributed by atoms with Crippen LogP contribution in [0.2, 0.25) is 0 Å². The van der Waals surface area contributed by atoms with Gasteiger partial charge in [0.05, 0.1) is 6.54 Å². The number of hydrogen-bond acceptors (Lipinski definition) is 3. The molecular weight excluding hydrogens is 200 g/mol. The summed E-state index contributed by atoms with van der Waals surface area (Å²) in [5.74, 6) is 0. The van der Waals surface area contributed by atoms with Gasteiger partial charge in [-0.3, -0.25) is 4.90 Å². The Morgan fingerprint density at radius 2 is 1.75 bits per heavy atom. The zero-order valence-electron chi connectivity index (χ0n) is 9.35. The van der Waals surface area contributed by atoms with E-state index < -0.39 is 0 Å². The minimum atomic E-state index is 0.438. The zero-order chi connectivity index (χ0) is 11.2. The van der Waals surface area contributed by atoms with Crippen LogP contribution in [0.3, 0.4) is 0 Å². The Morgan fingerprint density at radius 3 is 2.38 bits per heavy atom. The van der Waals surface area contributed by atoms with Crippen LogP contribution >= 0.6 is 0 Å². The highest BCUT2D eigenvalue weighted by molar-refractivity contribution is 5.34. The van der Waals surface area contributed by atoms with E-state index in [4.69, 9.17) is 0 Å². The zero-order valence-corrected chi connectivity index (χ0v) is 9.35. The first-order valence-electron chi connectivity index (χ1n) is 5.72. The molecule has 0 aliphatic carbocycles. The molecule has 0 spiro atoms. The van der Waals surface area contributed by atoms with E-state index in [2.05, 4.69) is 22.0 Å². The number of aliphatic imine (C=N–C) groups is 1. The summed E-state index contributed by atoms with van der Waals surface area (Å²) in [6.45, 7) is 3.92. The molecule has 0 atom stereocenters. The Kier molecular flexibility index (Phi) is 3.86. The van der Waals surface area contributed by atoms with E-state index in [1.807, 2.05) is 12.1 Å². The van der Waals surface area contributed by atoms with Gasteiger partial charge in [0.1, 0.15) is 0 Å². The van der Waals surface area contributed by atoms with Gasteiger partial charge in [-0.1, -0.05) is 24.3 Å². The Morgan fingerprint density at radius 1 is 1.12 bits per heavy atom. The van der Waals surface area contributed by atoms with Crippen molar-refractivity contribution in [1.29, 1.82) is 0 Å². The molecule has 0 unspecified atom stereocenters. The van der Waals surface area contributed by atoms with Gasteiger partial charge in [0, 0.05) is 6.54 Å². The fourth-order valence-electron chi connectivity index (χ4n) is 2.07. The first kappa shape index (κ1) is 11.1.